The first kappa shape index (κ1) is 19.3. The number of ether oxygens (including phenoxy) is 2. The highest BCUT2D eigenvalue weighted by Gasteiger charge is 2.30. The average molecular weight is 374 g/mol. The minimum atomic E-state index is -0.214. The van der Waals surface area contributed by atoms with Crippen molar-refractivity contribution in [3.63, 3.8) is 0 Å². The van der Waals surface area contributed by atoms with E-state index in [2.05, 4.69) is 15.4 Å². The van der Waals surface area contributed by atoms with Gasteiger partial charge in [0.05, 0.1) is 17.7 Å². The number of hydrogen-bond acceptors (Lipinski definition) is 6. The number of fused-ring (bicyclic) bond motifs is 1. The summed E-state index contributed by atoms with van der Waals surface area (Å²) in [5.74, 6) is -0.110. The van der Waals surface area contributed by atoms with E-state index < -0.39 is 0 Å². The van der Waals surface area contributed by atoms with Gasteiger partial charge in [0.2, 0.25) is 5.91 Å². The van der Waals surface area contributed by atoms with Crippen LogP contribution in [0.4, 0.5) is 5.82 Å². The van der Waals surface area contributed by atoms with Crippen molar-refractivity contribution in [2.75, 3.05) is 11.9 Å². The van der Waals surface area contributed by atoms with Crippen LogP contribution >= 0.6 is 0 Å². The van der Waals surface area contributed by atoms with E-state index in [0.717, 1.165) is 24.1 Å². The maximum Gasteiger partial charge on any atom is 0.308 e. The number of nitrogens with zero attached hydrogens (tertiary/aromatic N) is 3. The van der Waals surface area contributed by atoms with Gasteiger partial charge in [-0.15, -0.1) is 0 Å². The smallest absolute Gasteiger partial charge is 0.308 e. The SMILES string of the molecule is CC(C)C(=O)Nc1ncnn2c(C3CCC(COC(=O)C(C)C)O3)ccc12. The molecule has 0 radical (unpaired) electrons. The fourth-order valence-electron chi connectivity index (χ4n) is 2.94. The van der Waals surface area contributed by atoms with Crippen LogP contribution in [0, 0.1) is 11.8 Å². The lowest BCUT2D eigenvalue weighted by Crippen LogP contribution is -2.21. The lowest BCUT2D eigenvalue weighted by atomic mass is 10.1. The number of esters is 1. The van der Waals surface area contributed by atoms with Gasteiger partial charge >= 0.3 is 5.97 Å². The fourth-order valence-corrected chi connectivity index (χ4v) is 2.94. The Hall–Kier alpha value is -2.48. The predicted octanol–water partition coefficient (Wildman–Crippen LogP) is 2.74. The van der Waals surface area contributed by atoms with Crippen molar-refractivity contribution in [2.24, 2.45) is 11.8 Å². The maximum atomic E-state index is 12.0. The molecule has 2 aromatic rings. The Bertz CT molecular complexity index is 830. The number of carbonyl (C=O) groups excluding carboxylic acids is 2. The molecular formula is C19H26N4O4. The molecule has 1 saturated heterocycles. The van der Waals surface area contributed by atoms with Crippen LogP contribution in [0.2, 0.25) is 0 Å². The molecule has 1 fully saturated rings. The summed E-state index contributed by atoms with van der Waals surface area (Å²) < 4.78 is 13.1. The van der Waals surface area contributed by atoms with E-state index in [1.54, 1.807) is 4.52 Å². The van der Waals surface area contributed by atoms with Crippen LogP contribution in [0.3, 0.4) is 0 Å². The van der Waals surface area contributed by atoms with Crippen LogP contribution < -0.4 is 5.32 Å². The number of aromatic nitrogens is 3. The van der Waals surface area contributed by atoms with E-state index in [1.165, 1.54) is 6.33 Å². The Kier molecular flexibility index (Phi) is 5.74. The van der Waals surface area contributed by atoms with Crippen molar-refractivity contribution in [3.8, 4) is 0 Å². The number of nitrogens with one attached hydrogen (secondary N) is 1. The van der Waals surface area contributed by atoms with Crippen molar-refractivity contribution >= 4 is 23.2 Å². The molecule has 0 aromatic carbocycles. The van der Waals surface area contributed by atoms with Crippen molar-refractivity contribution < 1.29 is 19.1 Å². The molecule has 1 aliphatic heterocycles. The van der Waals surface area contributed by atoms with Crippen LogP contribution in [0.1, 0.15) is 52.3 Å². The van der Waals surface area contributed by atoms with Crippen molar-refractivity contribution in [1.29, 1.82) is 0 Å². The molecule has 0 aliphatic carbocycles. The molecule has 0 bridgehead atoms. The normalized spacial score (nSPS) is 19.8. The Morgan fingerprint density at radius 2 is 2.04 bits per heavy atom. The molecule has 146 valence electrons. The summed E-state index contributed by atoms with van der Waals surface area (Å²) in [4.78, 5) is 27.8. The molecule has 3 rings (SSSR count). The third-order valence-electron chi connectivity index (χ3n) is 4.57. The predicted molar refractivity (Wildman–Crippen MR) is 99.1 cm³/mol. The van der Waals surface area contributed by atoms with Gasteiger partial charge in [-0.1, -0.05) is 27.7 Å². The van der Waals surface area contributed by atoms with Crippen LogP contribution in [0.25, 0.3) is 5.52 Å². The summed E-state index contributed by atoms with van der Waals surface area (Å²) in [5, 5.41) is 7.14. The summed E-state index contributed by atoms with van der Waals surface area (Å²) in [6.07, 6.45) is 2.78. The highest BCUT2D eigenvalue weighted by Crippen LogP contribution is 2.34. The van der Waals surface area contributed by atoms with Gasteiger partial charge < -0.3 is 14.8 Å². The lowest BCUT2D eigenvalue weighted by molar-refractivity contribution is -0.151. The quantitative estimate of drug-likeness (QED) is 0.781. The van der Waals surface area contributed by atoms with Crippen molar-refractivity contribution in [1.82, 2.24) is 14.6 Å². The number of amides is 1. The van der Waals surface area contributed by atoms with E-state index in [0.29, 0.717) is 5.82 Å². The lowest BCUT2D eigenvalue weighted by Gasteiger charge is -2.15. The standard InChI is InChI=1S/C19H26N4O4/c1-11(2)18(24)22-17-15-7-6-14(23(15)21-10-20-17)16-8-5-13(27-16)9-26-19(25)12(3)4/h6-7,10-13,16H,5,8-9H2,1-4H3,(H,20,21,22,24). The van der Waals surface area contributed by atoms with E-state index in [-0.39, 0.29) is 42.5 Å². The Labute approximate surface area is 158 Å². The topological polar surface area (TPSA) is 94.8 Å². The van der Waals surface area contributed by atoms with Crippen LogP contribution in [-0.4, -0.2) is 39.2 Å². The molecular weight excluding hydrogens is 348 g/mol. The summed E-state index contributed by atoms with van der Waals surface area (Å²) in [7, 11) is 0. The molecule has 0 saturated carbocycles. The third-order valence-corrected chi connectivity index (χ3v) is 4.57. The molecule has 1 aliphatic rings. The van der Waals surface area contributed by atoms with Gasteiger partial charge in [-0.2, -0.15) is 5.10 Å². The third kappa shape index (κ3) is 4.27. The van der Waals surface area contributed by atoms with Gasteiger partial charge in [0.1, 0.15) is 24.6 Å². The fraction of sp³-hybridized carbons (Fsp3) is 0.579. The molecule has 2 aromatic heterocycles. The second-order valence-corrected chi connectivity index (χ2v) is 7.42. The maximum absolute atomic E-state index is 12.0. The summed E-state index contributed by atoms with van der Waals surface area (Å²) in [6.45, 7) is 7.54. The zero-order valence-corrected chi connectivity index (χ0v) is 16.1. The van der Waals surface area contributed by atoms with E-state index in [1.807, 2.05) is 39.8 Å². The van der Waals surface area contributed by atoms with E-state index in [9.17, 15) is 9.59 Å². The largest absolute Gasteiger partial charge is 0.463 e. The Balaban J connectivity index is 1.71. The minimum absolute atomic E-state index is 0.0949. The van der Waals surface area contributed by atoms with Gasteiger partial charge in [-0.25, -0.2) is 9.50 Å². The molecule has 2 atom stereocenters. The molecule has 0 spiro atoms. The molecule has 8 heteroatoms. The highest BCUT2D eigenvalue weighted by atomic mass is 16.6. The van der Waals surface area contributed by atoms with E-state index in [4.69, 9.17) is 9.47 Å². The summed E-state index contributed by atoms with van der Waals surface area (Å²) in [5.41, 5.74) is 1.62. The first-order chi connectivity index (χ1) is 12.9. The zero-order valence-electron chi connectivity index (χ0n) is 16.1. The van der Waals surface area contributed by atoms with E-state index >= 15 is 0 Å². The van der Waals surface area contributed by atoms with Gasteiger partial charge in [-0.3, -0.25) is 9.59 Å². The number of hydrogen-bond donors (Lipinski definition) is 1. The van der Waals surface area contributed by atoms with Gasteiger partial charge in [0.15, 0.2) is 5.82 Å². The Morgan fingerprint density at radius 3 is 2.74 bits per heavy atom. The number of carbonyl (C=O) groups is 2. The van der Waals surface area contributed by atoms with Crippen molar-refractivity contribution in [3.05, 3.63) is 24.2 Å². The van der Waals surface area contributed by atoms with Crippen molar-refractivity contribution in [2.45, 2.75) is 52.7 Å². The second kappa shape index (κ2) is 8.04. The minimum Gasteiger partial charge on any atom is -0.463 e. The summed E-state index contributed by atoms with van der Waals surface area (Å²) >= 11 is 0. The average Bonchev–Trinajstić information content (AvgIpc) is 3.26. The first-order valence-corrected chi connectivity index (χ1v) is 9.32. The second-order valence-electron chi connectivity index (χ2n) is 7.42. The number of anilines is 1. The van der Waals surface area contributed by atoms with Gasteiger partial charge in [0.25, 0.3) is 0 Å². The van der Waals surface area contributed by atoms with Gasteiger partial charge in [0, 0.05) is 5.92 Å². The van der Waals surface area contributed by atoms with Crippen LogP contribution in [0.5, 0.6) is 0 Å². The molecule has 2 unspecified atom stereocenters. The van der Waals surface area contributed by atoms with Crippen LogP contribution in [-0.2, 0) is 19.1 Å². The molecule has 1 N–H and O–H groups in total. The zero-order chi connectivity index (χ0) is 19.6. The highest BCUT2D eigenvalue weighted by molar-refractivity contribution is 5.94. The molecule has 27 heavy (non-hydrogen) atoms. The van der Waals surface area contributed by atoms with Gasteiger partial charge in [-0.05, 0) is 25.0 Å². The molecule has 8 nitrogen and oxygen atoms in total. The Morgan fingerprint density at radius 1 is 1.26 bits per heavy atom. The summed E-state index contributed by atoms with van der Waals surface area (Å²) in [6, 6.07) is 3.81. The first-order valence-electron chi connectivity index (χ1n) is 9.32. The number of rotatable bonds is 6. The van der Waals surface area contributed by atoms with Crippen LogP contribution in [0.15, 0.2) is 18.5 Å². The molecule has 3 heterocycles. The molecule has 1 amide bonds. The monoisotopic (exact) mass is 374 g/mol.